The van der Waals surface area contributed by atoms with Gasteiger partial charge in [-0.15, -0.1) is 0 Å². The van der Waals surface area contributed by atoms with E-state index in [9.17, 15) is 9.59 Å². The lowest BCUT2D eigenvalue weighted by molar-refractivity contribution is -0.146. The minimum absolute atomic E-state index is 0.194. The molecule has 1 atom stereocenters. The Morgan fingerprint density at radius 1 is 1.31 bits per heavy atom. The van der Waals surface area contributed by atoms with E-state index in [0.717, 1.165) is 0 Å². The molecule has 1 rings (SSSR count). The average molecular weight is 222 g/mol. The Kier molecular flexibility index (Phi) is 4.51. The maximum absolute atomic E-state index is 11.0. The van der Waals surface area contributed by atoms with Gasteiger partial charge in [0.05, 0.1) is 6.61 Å². The molecule has 0 saturated carbocycles. The predicted molar refractivity (Wildman–Crippen MR) is 58.4 cm³/mol. The van der Waals surface area contributed by atoms with Crippen LogP contribution in [0.1, 0.15) is 13.3 Å². The molecular formula is C12H14O4. The van der Waals surface area contributed by atoms with Crippen molar-refractivity contribution in [2.45, 2.75) is 13.3 Å². The first-order chi connectivity index (χ1) is 7.61. The number of ketones is 1. The van der Waals surface area contributed by atoms with Gasteiger partial charge in [0.1, 0.15) is 17.5 Å². The predicted octanol–water partition coefficient (Wildman–Crippen LogP) is 1.75. The molecule has 1 unspecified atom stereocenters. The molecule has 0 bridgehead atoms. The fourth-order valence-corrected chi connectivity index (χ4v) is 1.31. The van der Waals surface area contributed by atoms with Gasteiger partial charge in [0.25, 0.3) is 0 Å². The highest BCUT2D eigenvalue weighted by atomic mass is 16.5. The fourth-order valence-electron chi connectivity index (χ4n) is 1.31. The molecule has 0 aliphatic rings. The zero-order valence-corrected chi connectivity index (χ0v) is 9.05. The van der Waals surface area contributed by atoms with E-state index in [1.807, 2.05) is 18.2 Å². The first kappa shape index (κ1) is 12.2. The van der Waals surface area contributed by atoms with Crippen molar-refractivity contribution in [1.82, 2.24) is 0 Å². The summed E-state index contributed by atoms with van der Waals surface area (Å²) in [5, 5.41) is 8.76. The second-order valence-electron chi connectivity index (χ2n) is 3.45. The molecule has 1 aromatic rings. The highest BCUT2D eigenvalue weighted by Gasteiger charge is 2.22. The van der Waals surface area contributed by atoms with E-state index >= 15 is 0 Å². The molecule has 0 fully saturated rings. The minimum Gasteiger partial charge on any atom is -0.494 e. The van der Waals surface area contributed by atoms with Crippen LogP contribution in [0.5, 0.6) is 5.75 Å². The number of hydrogen-bond acceptors (Lipinski definition) is 3. The summed E-state index contributed by atoms with van der Waals surface area (Å²) in [6.45, 7) is 1.50. The largest absolute Gasteiger partial charge is 0.494 e. The third kappa shape index (κ3) is 3.73. The first-order valence-electron chi connectivity index (χ1n) is 5.02. The van der Waals surface area contributed by atoms with Gasteiger partial charge < -0.3 is 9.84 Å². The molecule has 0 saturated heterocycles. The Labute approximate surface area is 93.9 Å². The summed E-state index contributed by atoms with van der Waals surface area (Å²) in [7, 11) is 0. The molecule has 16 heavy (non-hydrogen) atoms. The van der Waals surface area contributed by atoms with Gasteiger partial charge in [-0.1, -0.05) is 18.2 Å². The molecule has 0 heterocycles. The molecule has 4 nitrogen and oxygen atoms in total. The van der Waals surface area contributed by atoms with Crippen molar-refractivity contribution in [1.29, 1.82) is 0 Å². The third-order valence-electron chi connectivity index (χ3n) is 2.21. The van der Waals surface area contributed by atoms with Crippen LogP contribution in [0.3, 0.4) is 0 Å². The summed E-state index contributed by atoms with van der Waals surface area (Å²) < 4.78 is 5.32. The van der Waals surface area contributed by atoms with E-state index in [-0.39, 0.29) is 18.8 Å². The lowest BCUT2D eigenvalue weighted by atomic mass is 10.0. The number of Topliss-reactive ketones (excluding diaryl/α,β-unsaturated/α-hetero) is 1. The summed E-state index contributed by atoms with van der Waals surface area (Å²) in [5.41, 5.74) is 0. The summed E-state index contributed by atoms with van der Waals surface area (Å²) in [6.07, 6.45) is 0.194. The van der Waals surface area contributed by atoms with E-state index in [1.54, 1.807) is 12.1 Å². The van der Waals surface area contributed by atoms with Crippen molar-refractivity contribution in [2.75, 3.05) is 6.61 Å². The fraction of sp³-hybridized carbons (Fsp3) is 0.333. The number of ether oxygens (including phenoxy) is 1. The van der Waals surface area contributed by atoms with Crippen molar-refractivity contribution >= 4 is 11.8 Å². The Bertz CT molecular complexity index is 345. The van der Waals surface area contributed by atoms with E-state index < -0.39 is 11.9 Å². The van der Waals surface area contributed by atoms with Crippen LogP contribution < -0.4 is 4.74 Å². The number of carboxylic acid groups (broad SMARTS) is 1. The Balaban J connectivity index is 2.40. The third-order valence-corrected chi connectivity index (χ3v) is 2.21. The lowest BCUT2D eigenvalue weighted by Crippen LogP contribution is -2.23. The van der Waals surface area contributed by atoms with Gasteiger partial charge in [0.15, 0.2) is 0 Å². The molecule has 0 aromatic heterocycles. The zero-order valence-electron chi connectivity index (χ0n) is 9.05. The first-order valence-corrected chi connectivity index (χ1v) is 5.02. The summed E-state index contributed by atoms with van der Waals surface area (Å²) >= 11 is 0. The second-order valence-corrected chi connectivity index (χ2v) is 3.45. The molecule has 1 aromatic carbocycles. The highest BCUT2D eigenvalue weighted by molar-refractivity contribution is 5.96. The van der Waals surface area contributed by atoms with Gasteiger partial charge in [-0.3, -0.25) is 9.59 Å². The Morgan fingerprint density at radius 2 is 1.94 bits per heavy atom. The molecule has 0 aliphatic heterocycles. The van der Waals surface area contributed by atoms with Crippen LogP contribution in [0.4, 0.5) is 0 Å². The number of hydrogen-bond donors (Lipinski definition) is 1. The number of para-hydroxylation sites is 1. The molecule has 4 heteroatoms. The standard InChI is InChI=1S/C12H14O4/c1-9(13)11(12(14)15)7-8-16-10-5-3-2-4-6-10/h2-6,11H,7-8H2,1H3,(H,14,15). The van der Waals surface area contributed by atoms with Crippen LogP contribution in [-0.2, 0) is 9.59 Å². The second kappa shape index (κ2) is 5.90. The molecule has 1 N–H and O–H groups in total. The number of aliphatic carboxylic acids is 1. The number of rotatable bonds is 6. The maximum atomic E-state index is 11.0. The molecule has 0 aliphatic carbocycles. The minimum atomic E-state index is -1.09. The SMILES string of the molecule is CC(=O)C(CCOc1ccccc1)C(=O)O. The van der Waals surface area contributed by atoms with Crippen LogP contribution in [0.25, 0.3) is 0 Å². The van der Waals surface area contributed by atoms with Crippen molar-refractivity contribution < 1.29 is 19.4 Å². The molecule has 0 spiro atoms. The van der Waals surface area contributed by atoms with Crippen LogP contribution in [-0.4, -0.2) is 23.5 Å². The Hall–Kier alpha value is -1.84. The quantitative estimate of drug-likeness (QED) is 0.745. The van der Waals surface area contributed by atoms with E-state index in [4.69, 9.17) is 9.84 Å². The van der Waals surface area contributed by atoms with Crippen molar-refractivity contribution in [3.63, 3.8) is 0 Å². The van der Waals surface area contributed by atoms with Gasteiger partial charge >= 0.3 is 5.97 Å². The number of carbonyl (C=O) groups excluding carboxylic acids is 1. The summed E-state index contributed by atoms with van der Waals surface area (Å²) in [6, 6.07) is 9.08. The van der Waals surface area contributed by atoms with Crippen molar-refractivity contribution in [2.24, 2.45) is 5.92 Å². The van der Waals surface area contributed by atoms with Gasteiger partial charge in [0, 0.05) is 6.42 Å². The Morgan fingerprint density at radius 3 is 2.44 bits per heavy atom. The van der Waals surface area contributed by atoms with E-state index in [1.165, 1.54) is 6.92 Å². The van der Waals surface area contributed by atoms with Gasteiger partial charge in [-0.05, 0) is 19.1 Å². The summed E-state index contributed by atoms with van der Waals surface area (Å²) in [4.78, 5) is 21.7. The van der Waals surface area contributed by atoms with Gasteiger partial charge in [0.2, 0.25) is 0 Å². The topological polar surface area (TPSA) is 63.6 Å². The summed E-state index contributed by atoms with van der Waals surface area (Å²) in [5.74, 6) is -1.73. The lowest BCUT2D eigenvalue weighted by Gasteiger charge is -2.09. The number of carbonyl (C=O) groups is 2. The van der Waals surface area contributed by atoms with Crippen molar-refractivity contribution in [3.05, 3.63) is 30.3 Å². The van der Waals surface area contributed by atoms with Crippen LogP contribution in [0.2, 0.25) is 0 Å². The highest BCUT2D eigenvalue weighted by Crippen LogP contribution is 2.11. The molecule has 0 radical (unpaired) electrons. The average Bonchev–Trinajstić information content (AvgIpc) is 2.24. The molecule has 0 amide bonds. The smallest absolute Gasteiger partial charge is 0.314 e. The molecular weight excluding hydrogens is 208 g/mol. The van der Waals surface area contributed by atoms with Gasteiger partial charge in [-0.25, -0.2) is 0 Å². The van der Waals surface area contributed by atoms with Gasteiger partial charge in [-0.2, -0.15) is 0 Å². The normalized spacial score (nSPS) is 11.8. The van der Waals surface area contributed by atoms with Crippen LogP contribution in [0.15, 0.2) is 30.3 Å². The zero-order chi connectivity index (χ0) is 12.0. The number of benzene rings is 1. The number of carboxylic acids is 1. The maximum Gasteiger partial charge on any atom is 0.314 e. The van der Waals surface area contributed by atoms with Crippen LogP contribution >= 0.6 is 0 Å². The van der Waals surface area contributed by atoms with Crippen molar-refractivity contribution in [3.8, 4) is 5.75 Å². The van der Waals surface area contributed by atoms with E-state index in [2.05, 4.69) is 0 Å². The monoisotopic (exact) mass is 222 g/mol. The molecule has 86 valence electrons. The van der Waals surface area contributed by atoms with E-state index in [0.29, 0.717) is 5.75 Å². The van der Waals surface area contributed by atoms with Crippen LogP contribution in [0, 0.1) is 5.92 Å².